The molecule has 0 saturated carbocycles. The normalized spacial score (nSPS) is 10.6. The smallest absolute Gasteiger partial charge is 0.161 e. The Bertz CT molecular complexity index is 560. The molecule has 88 valence electrons. The van der Waals surface area contributed by atoms with Crippen LogP contribution in [-0.2, 0) is 0 Å². The third-order valence-electron chi connectivity index (χ3n) is 2.75. The Balaban J connectivity index is 2.64. The molecule has 0 saturated heterocycles. The fourth-order valence-electron chi connectivity index (χ4n) is 1.71. The van der Waals surface area contributed by atoms with Crippen molar-refractivity contribution in [2.24, 2.45) is 0 Å². The molecule has 1 heterocycles. The Morgan fingerprint density at radius 3 is 1.88 bits per heavy atom. The molecular formula is C13H12Br2N2. The maximum atomic E-state index is 4.41. The summed E-state index contributed by atoms with van der Waals surface area (Å²) in [5.41, 5.74) is 4.82. The Hall–Kier alpha value is -0.740. The van der Waals surface area contributed by atoms with Crippen molar-refractivity contribution in [2.75, 3.05) is 0 Å². The predicted molar refractivity (Wildman–Crippen MR) is 77.1 cm³/mol. The lowest BCUT2D eigenvalue weighted by Crippen LogP contribution is -1.95. The number of benzene rings is 1. The highest BCUT2D eigenvalue weighted by Gasteiger charge is 2.09. The van der Waals surface area contributed by atoms with Crippen LogP contribution in [0, 0.1) is 20.8 Å². The van der Waals surface area contributed by atoms with Gasteiger partial charge in [-0.3, -0.25) is 0 Å². The van der Waals surface area contributed by atoms with Gasteiger partial charge in [0.1, 0.15) is 9.21 Å². The largest absolute Gasteiger partial charge is 0.221 e. The maximum Gasteiger partial charge on any atom is 0.161 e. The van der Waals surface area contributed by atoms with Crippen molar-refractivity contribution in [1.82, 2.24) is 9.97 Å². The lowest BCUT2D eigenvalue weighted by molar-refractivity contribution is 1.11. The predicted octanol–water partition coefficient (Wildman–Crippen LogP) is 4.59. The third-order valence-corrected chi connectivity index (χ3v) is 3.56. The van der Waals surface area contributed by atoms with Crippen LogP contribution in [0.5, 0.6) is 0 Å². The highest BCUT2D eigenvalue weighted by atomic mass is 79.9. The van der Waals surface area contributed by atoms with Crippen molar-refractivity contribution in [3.05, 3.63) is 44.1 Å². The van der Waals surface area contributed by atoms with E-state index in [0.29, 0.717) is 0 Å². The van der Waals surface area contributed by atoms with Crippen LogP contribution in [0.4, 0.5) is 0 Å². The van der Waals surface area contributed by atoms with Crippen molar-refractivity contribution in [1.29, 1.82) is 0 Å². The van der Waals surface area contributed by atoms with Crippen molar-refractivity contribution in [3.63, 3.8) is 0 Å². The molecule has 0 fully saturated rings. The van der Waals surface area contributed by atoms with Crippen LogP contribution < -0.4 is 0 Å². The zero-order chi connectivity index (χ0) is 12.6. The summed E-state index contributed by atoms with van der Waals surface area (Å²) >= 11 is 6.77. The zero-order valence-corrected chi connectivity index (χ0v) is 13.1. The molecule has 1 aromatic carbocycles. The number of aryl methyl sites for hydroxylation is 3. The summed E-state index contributed by atoms with van der Waals surface area (Å²) in [6.07, 6.45) is 0. The molecule has 0 atom stereocenters. The molecule has 0 aliphatic carbocycles. The number of nitrogens with zero attached hydrogens (tertiary/aromatic N) is 2. The van der Waals surface area contributed by atoms with E-state index in [1.54, 1.807) is 0 Å². The van der Waals surface area contributed by atoms with Crippen molar-refractivity contribution < 1.29 is 0 Å². The molecule has 0 spiro atoms. The van der Waals surface area contributed by atoms with Gasteiger partial charge in [-0.1, -0.05) is 6.07 Å². The van der Waals surface area contributed by atoms with Crippen LogP contribution in [0.25, 0.3) is 11.4 Å². The van der Waals surface area contributed by atoms with Gasteiger partial charge in [0, 0.05) is 11.6 Å². The number of hydrogen-bond donors (Lipinski definition) is 0. The topological polar surface area (TPSA) is 25.8 Å². The van der Waals surface area contributed by atoms with Gasteiger partial charge in [0.25, 0.3) is 0 Å². The zero-order valence-electron chi connectivity index (χ0n) is 9.88. The lowest BCUT2D eigenvalue weighted by Gasteiger charge is -2.09. The monoisotopic (exact) mass is 354 g/mol. The van der Waals surface area contributed by atoms with Crippen molar-refractivity contribution in [3.8, 4) is 11.4 Å². The van der Waals surface area contributed by atoms with Gasteiger partial charge >= 0.3 is 0 Å². The summed E-state index contributed by atoms with van der Waals surface area (Å²) in [6.45, 7) is 6.30. The Morgan fingerprint density at radius 1 is 0.765 bits per heavy atom. The number of hydrogen-bond acceptors (Lipinski definition) is 2. The van der Waals surface area contributed by atoms with E-state index in [0.717, 1.165) is 20.6 Å². The van der Waals surface area contributed by atoms with E-state index in [1.807, 2.05) is 6.07 Å². The first-order chi connectivity index (χ1) is 7.97. The molecule has 0 radical (unpaired) electrons. The molecule has 0 N–H and O–H groups in total. The van der Waals surface area contributed by atoms with Crippen molar-refractivity contribution in [2.45, 2.75) is 20.8 Å². The molecule has 1 aromatic heterocycles. The standard InChI is InChI=1S/C13H12Br2N2/c1-7-4-9(3)10(5-8(7)2)13-16-11(14)6-12(15)17-13/h4-6H,1-3H3. The highest BCUT2D eigenvalue weighted by Crippen LogP contribution is 2.26. The van der Waals surface area contributed by atoms with E-state index in [1.165, 1.54) is 16.7 Å². The molecule has 2 aromatic rings. The maximum absolute atomic E-state index is 4.41. The molecule has 2 rings (SSSR count). The van der Waals surface area contributed by atoms with Gasteiger partial charge in [0.05, 0.1) is 0 Å². The van der Waals surface area contributed by atoms with Gasteiger partial charge in [0.15, 0.2) is 5.82 Å². The fourth-order valence-corrected chi connectivity index (χ4v) is 2.79. The second kappa shape index (κ2) is 4.86. The second-order valence-electron chi connectivity index (χ2n) is 4.09. The van der Waals surface area contributed by atoms with Gasteiger partial charge in [-0.25, -0.2) is 9.97 Å². The minimum Gasteiger partial charge on any atom is -0.221 e. The molecule has 0 amide bonds. The highest BCUT2D eigenvalue weighted by molar-refractivity contribution is 9.11. The van der Waals surface area contributed by atoms with E-state index in [4.69, 9.17) is 0 Å². The van der Waals surface area contributed by atoms with E-state index < -0.39 is 0 Å². The Labute approximate surface area is 118 Å². The third kappa shape index (κ3) is 2.75. The Morgan fingerprint density at radius 2 is 1.29 bits per heavy atom. The first-order valence-electron chi connectivity index (χ1n) is 5.25. The van der Waals surface area contributed by atoms with Crippen molar-refractivity contribution >= 4 is 31.9 Å². The van der Waals surface area contributed by atoms with Crippen LogP contribution in [0.2, 0.25) is 0 Å². The lowest BCUT2D eigenvalue weighted by atomic mass is 10.0. The fraction of sp³-hybridized carbons (Fsp3) is 0.231. The summed E-state index contributed by atoms with van der Waals surface area (Å²) in [4.78, 5) is 8.82. The summed E-state index contributed by atoms with van der Waals surface area (Å²) in [7, 11) is 0. The first kappa shape index (κ1) is 12.7. The molecule has 0 aliphatic heterocycles. The number of halogens is 2. The average molecular weight is 356 g/mol. The summed E-state index contributed by atoms with van der Waals surface area (Å²) in [5.74, 6) is 0.742. The van der Waals surface area contributed by atoms with Crippen LogP contribution in [0.15, 0.2) is 27.4 Å². The summed E-state index contributed by atoms with van der Waals surface area (Å²) in [5, 5.41) is 0. The molecular weight excluding hydrogens is 344 g/mol. The molecule has 0 bridgehead atoms. The number of rotatable bonds is 1. The van der Waals surface area contributed by atoms with Gasteiger partial charge in [-0.05, 0) is 75.4 Å². The van der Waals surface area contributed by atoms with Crippen LogP contribution in [0.3, 0.4) is 0 Å². The van der Waals surface area contributed by atoms with Gasteiger partial charge in [-0.15, -0.1) is 0 Å². The van der Waals surface area contributed by atoms with Crippen LogP contribution in [0.1, 0.15) is 16.7 Å². The second-order valence-corrected chi connectivity index (χ2v) is 5.71. The molecule has 0 unspecified atom stereocenters. The minimum atomic E-state index is 0.742. The van der Waals surface area contributed by atoms with Gasteiger partial charge < -0.3 is 0 Å². The number of aromatic nitrogens is 2. The molecule has 4 heteroatoms. The average Bonchev–Trinajstić information content (AvgIpc) is 2.22. The molecule has 0 aliphatic rings. The van der Waals surface area contributed by atoms with E-state index >= 15 is 0 Å². The molecule has 2 nitrogen and oxygen atoms in total. The van der Waals surface area contributed by atoms with Crippen LogP contribution >= 0.6 is 31.9 Å². The first-order valence-corrected chi connectivity index (χ1v) is 6.84. The summed E-state index contributed by atoms with van der Waals surface area (Å²) in [6, 6.07) is 6.14. The van der Waals surface area contributed by atoms with Crippen LogP contribution in [-0.4, -0.2) is 9.97 Å². The molecule has 17 heavy (non-hydrogen) atoms. The minimum absolute atomic E-state index is 0.742. The van der Waals surface area contributed by atoms with Gasteiger partial charge in [0.2, 0.25) is 0 Å². The quantitative estimate of drug-likeness (QED) is 0.699. The summed E-state index contributed by atoms with van der Waals surface area (Å²) < 4.78 is 1.57. The van der Waals surface area contributed by atoms with E-state index in [2.05, 4.69) is 74.7 Å². The van der Waals surface area contributed by atoms with Gasteiger partial charge in [-0.2, -0.15) is 0 Å². The SMILES string of the molecule is Cc1cc(C)c(-c2nc(Br)cc(Br)n2)cc1C. The van der Waals surface area contributed by atoms with E-state index in [-0.39, 0.29) is 0 Å². The Kier molecular flexibility index (Phi) is 3.64. The van der Waals surface area contributed by atoms with E-state index in [9.17, 15) is 0 Å².